The van der Waals surface area contributed by atoms with E-state index in [0.717, 1.165) is 18.8 Å². The van der Waals surface area contributed by atoms with Gasteiger partial charge < -0.3 is 10.8 Å². The summed E-state index contributed by atoms with van der Waals surface area (Å²) in [5.74, 6) is 0.939. The predicted octanol–water partition coefficient (Wildman–Crippen LogP) is 2.79. The Balaban J connectivity index is 1.95. The third-order valence-corrected chi connectivity index (χ3v) is 3.47. The van der Waals surface area contributed by atoms with Crippen LogP contribution in [0.25, 0.3) is 0 Å². The summed E-state index contributed by atoms with van der Waals surface area (Å²) in [4.78, 5) is 10.4. The van der Waals surface area contributed by atoms with Crippen molar-refractivity contribution in [3.05, 3.63) is 0 Å². The predicted molar refractivity (Wildman–Crippen MR) is 65.2 cm³/mol. The summed E-state index contributed by atoms with van der Waals surface area (Å²) in [5, 5.41) is 8.58. The van der Waals surface area contributed by atoms with Crippen molar-refractivity contribution in [3.8, 4) is 0 Å². The van der Waals surface area contributed by atoms with Gasteiger partial charge in [0.1, 0.15) is 0 Å². The summed E-state index contributed by atoms with van der Waals surface area (Å²) in [5.41, 5.74) is 5.73. The molecule has 0 amide bonds. The first kappa shape index (κ1) is 13.5. The van der Waals surface area contributed by atoms with Gasteiger partial charge in [-0.2, -0.15) is 0 Å². The number of carbonyl (C=O) groups is 1. The van der Waals surface area contributed by atoms with Gasteiger partial charge in [0.15, 0.2) is 0 Å². The zero-order valence-corrected chi connectivity index (χ0v) is 10.3. The zero-order chi connectivity index (χ0) is 12.0. The molecule has 0 aliphatic heterocycles. The topological polar surface area (TPSA) is 63.3 Å². The van der Waals surface area contributed by atoms with Gasteiger partial charge in [-0.1, -0.05) is 39.0 Å². The van der Waals surface area contributed by atoms with E-state index in [9.17, 15) is 4.79 Å². The van der Waals surface area contributed by atoms with Crippen molar-refractivity contribution in [1.29, 1.82) is 0 Å². The lowest BCUT2D eigenvalue weighted by Gasteiger charge is -2.14. The molecule has 1 rings (SSSR count). The molecule has 2 unspecified atom stereocenters. The van der Waals surface area contributed by atoms with Crippen LogP contribution in [-0.2, 0) is 4.79 Å². The summed E-state index contributed by atoms with van der Waals surface area (Å²) in [6, 6.07) is -0.164. The first-order valence-electron chi connectivity index (χ1n) is 6.55. The average Bonchev–Trinajstić information content (AvgIpc) is 2.97. The average molecular weight is 227 g/mol. The molecule has 1 aliphatic rings. The van der Waals surface area contributed by atoms with E-state index >= 15 is 0 Å². The highest BCUT2D eigenvalue weighted by atomic mass is 16.4. The minimum absolute atomic E-state index is 0.106. The van der Waals surface area contributed by atoms with Crippen molar-refractivity contribution in [2.45, 2.75) is 64.3 Å². The van der Waals surface area contributed by atoms with E-state index in [1.54, 1.807) is 0 Å². The highest BCUT2D eigenvalue weighted by molar-refractivity contribution is 5.67. The van der Waals surface area contributed by atoms with Gasteiger partial charge in [0.25, 0.3) is 0 Å². The molecule has 1 fully saturated rings. The Kier molecular flexibility index (Phi) is 5.81. The van der Waals surface area contributed by atoms with Gasteiger partial charge >= 0.3 is 5.97 Å². The smallest absolute Gasteiger partial charge is 0.304 e. The van der Waals surface area contributed by atoms with E-state index < -0.39 is 5.97 Å². The van der Waals surface area contributed by atoms with Gasteiger partial charge in [0, 0.05) is 6.04 Å². The Bertz CT molecular complexity index is 214. The van der Waals surface area contributed by atoms with Crippen LogP contribution in [0.5, 0.6) is 0 Å². The van der Waals surface area contributed by atoms with Gasteiger partial charge in [0.2, 0.25) is 0 Å². The van der Waals surface area contributed by atoms with Crippen LogP contribution in [0.15, 0.2) is 0 Å². The van der Waals surface area contributed by atoms with E-state index in [2.05, 4.69) is 6.92 Å². The van der Waals surface area contributed by atoms with E-state index in [-0.39, 0.29) is 12.5 Å². The third kappa shape index (κ3) is 6.83. The maximum atomic E-state index is 10.4. The normalized spacial score (nSPS) is 19.4. The van der Waals surface area contributed by atoms with E-state index in [1.807, 2.05) is 0 Å². The molecule has 94 valence electrons. The van der Waals surface area contributed by atoms with Crippen LogP contribution in [0.2, 0.25) is 0 Å². The molecule has 1 saturated carbocycles. The van der Waals surface area contributed by atoms with Gasteiger partial charge in [0.05, 0.1) is 6.42 Å². The van der Waals surface area contributed by atoms with Crippen molar-refractivity contribution in [1.82, 2.24) is 0 Å². The fraction of sp³-hybridized carbons (Fsp3) is 0.923. The fourth-order valence-electron chi connectivity index (χ4n) is 2.13. The van der Waals surface area contributed by atoms with Gasteiger partial charge in [-0.05, 0) is 24.7 Å². The number of rotatable bonds is 9. The Morgan fingerprint density at radius 2 is 2.06 bits per heavy atom. The molecule has 2 atom stereocenters. The minimum atomic E-state index is -0.783. The fourth-order valence-corrected chi connectivity index (χ4v) is 2.13. The van der Waals surface area contributed by atoms with Gasteiger partial charge in [-0.15, -0.1) is 0 Å². The molecule has 0 heterocycles. The summed E-state index contributed by atoms with van der Waals surface area (Å²) in [6.45, 7) is 2.25. The van der Waals surface area contributed by atoms with Crippen molar-refractivity contribution in [2.75, 3.05) is 0 Å². The summed E-state index contributed by atoms with van der Waals surface area (Å²) >= 11 is 0. The molecule has 3 heteroatoms. The maximum absolute atomic E-state index is 10.4. The number of nitrogens with two attached hydrogens (primary N) is 1. The van der Waals surface area contributed by atoms with E-state index in [0.29, 0.717) is 5.92 Å². The molecule has 0 aromatic rings. The van der Waals surface area contributed by atoms with Crippen molar-refractivity contribution in [2.24, 2.45) is 17.6 Å². The Labute approximate surface area is 98.4 Å². The van der Waals surface area contributed by atoms with E-state index in [4.69, 9.17) is 10.8 Å². The second-order valence-electron chi connectivity index (χ2n) is 5.41. The largest absolute Gasteiger partial charge is 0.481 e. The molecule has 0 aromatic heterocycles. The second kappa shape index (κ2) is 6.89. The minimum Gasteiger partial charge on any atom is -0.481 e. The van der Waals surface area contributed by atoms with Crippen LogP contribution in [0, 0.1) is 11.8 Å². The van der Waals surface area contributed by atoms with Crippen LogP contribution in [0.1, 0.15) is 58.3 Å². The molecule has 0 spiro atoms. The molecule has 3 N–H and O–H groups in total. The highest BCUT2D eigenvalue weighted by Crippen LogP contribution is 2.34. The van der Waals surface area contributed by atoms with Crippen molar-refractivity contribution >= 4 is 5.97 Å². The quantitative estimate of drug-likeness (QED) is 0.636. The Hall–Kier alpha value is -0.570. The summed E-state index contributed by atoms with van der Waals surface area (Å²) < 4.78 is 0. The lowest BCUT2D eigenvalue weighted by atomic mass is 9.95. The molecule has 3 nitrogen and oxygen atoms in total. The zero-order valence-electron chi connectivity index (χ0n) is 10.3. The molecule has 0 radical (unpaired) electrons. The van der Waals surface area contributed by atoms with Crippen LogP contribution in [0.4, 0.5) is 0 Å². The first-order chi connectivity index (χ1) is 7.58. The van der Waals surface area contributed by atoms with Crippen molar-refractivity contribution < 1.29 is 9.90 Å². The van der Waals surface area contributed by atoms with Crippen LogP contribution in [-0.4, -0.2) is 17.1 Å². The molecule has 0 bridgehead atoms. The molecule has 16 heavy (non-hydrogen) atoms. The number of carboxylic acid groups (broad SMARTS) is 1. The number of hydrogen-bond donors (Lipinski definition) is 2. The van der Waals surface area contributed by atoms with Crippen LogP contribution in [0.3, 0.4) is 0 Å². The SMILES string of the molecule is CC(CCCC1CC1)CCC(N)CC(=O)O. The maximum Gasteiger partial charge on any atom is 0.304 e. The Morgan fingerprint density at radius 1 is 1.38 bits per heavy atom. The van der Waals surface area contributed by atoms with Crippen molar-refractivity contribution in [3.63, 3.8) is 0 Å². The Morgan fingerprint density at radius 3 is 2.62 bits per heavy atom. The van der Waals surface area contributed by atoms with Gasteiger partial charge in [-0.3, -0.25) is 4.79 Å². The number of aliphatic carboxylic acids is 1. The second-order valence-corrected chi connectivity index (χ2v) is 5.41. The van der Waals surface area contributed by atoms with Crippen LogP contribution >= 0.6 is 0 Å². The third-order valence-electron chi connectivity index (χ3n) is 3.47. The molecular formula is C13H25NO2. The van der Waals surface area contributed by atoms with Gasteiger partial charge in [-0.25, -0.2) is 0 Å². The number of carboxylic acids is 1. The molecule has 0 saturated heterocycles. The first-order valence-corrected chi connectivity index (χ1v) is 6.55. The number of hydrogen-bond acceptors (Lipinski definition) is 2. The summed E-state index contributed by atoms with van der Waals surface area (Å²) in [6.07, 6.45) is 8.91. The van der Waals surface area contributed by atoms with E-state index in [1.165, 1.54) is 32.1 Å². The lowest BCUT2D eigenvalue weighted by molar-refractivity contribution is -0.137. The summed E-state index contributed by atoms with van der Waals surface area (Å²) in [7, 11) is 0. The molecular weight excluding hydrogens is 202 g/mol. The molecule has 0 aromatic carbocycles. The standard InChI is InChI=1S/C13H25NO2/c1-10(3-2-4-11-6-7-11)5-8-12(14)9-13(15)16/h10-12H,2-9,14H2,1H3,(H,15,16). The lowest BCUT2D eigenvalue weighted by Crippen LogP contribution is -2.24. The molecule has 1 aliphatic carbocycles. The highest BCUT2D eigenvalue weighted by Gasteiger charge is 2.20. The monoisotopic (exact) mass is 227 g/mol. The van der Waals surface area contributed by atoms with Crippen LogP contribution < -0.4 is 5.73 Å².